The van der Waals surface area contributed by atoms with Crippen LogP contribution in [0.4, 0.5) is 17.1 Å². The highest BCUT2D eigenvalue weighted by molar-refractivity contribution is 6.31. The molecule has 1 amide bonds. The fourth-order valence-electron chi connectivity index (χ4n) is 2.49. The first kappa shape index (κ1) is 17.8. The minimum atomic E-state index is -0.300. The molecule has 0 unspecified atom stereocenters. The number of carbonyl (C=O) groups is 1. The maximum atomic E-state index is 12.6. The van der Waals surface area contributed by atoms with Crippen LogP contribution in [0.1, 0.15) is 15.9 Å². The minimum absolute atomic E-state index is 0.300. The largest absolute Gasteiger partial charge is 0.495 e. The van der Waals surface area contributed by atoms with E-state index >= 15 is 0 Å². The Labute approximate surface area is 157 Å². The second-order valence-electron chi connectivity index (χ2n) is 5.76. The molecule has 0 aliphatic carbocycles. The second kappa shape index (κ2) is 7.89. The minimum Gasteiger partial charge on any atom is -0.495 e. The molecule has 2 N–H and O–H groups in total. The van der Waals surface area contributed by atoms with Gasteiger partial charge >= 0.3 is 0 Å². The normalized spacial score (nSPS) is 10.3. The number of anilines is 3. The van der Waals surface area contributed by atoms with Crippen LogP contribution in [-0.4, -0.2) is 18.0 Å². The van der Waals surface area contributed by atoms with E-state index in [0.29, 0.717) is 22.0 Å². The summed E-state index contributed by atoms with van der Waals surface area (Å²) in [5, 5.41) is 6.56. The number of nitrogens with one attached hydrogen (secondary N) is 2. The van der Waals surface area contributed by atoms with E-state index in [1.54, 1.807) is 30.5 Å². The van der Waals surface area contributed by atoms with Gasteiger partial charge in [0, 0.05) is 16.9 Å². The molecule has 0 saturated carbocycles. The Kier molecular flexibility index (Phi) is 5.39. The number of aryl methyl sites for hydroxylation is 1. The highest BCUT2D eigenvalue weighted by Crippen LogP contribution is 2.28. The van der Waals surface area contributed by atoms with Crippen molar-refractivity contribution in [1.82, 2.24) is 4.98 Å². The third-order valence-corrected chi connectivity index (χ3v) is 3.95. The lowest BCUT2D eigenvalue weighted by Gasteiger charge is -2.11. The maximum Gasteiger partial charge on any atom is 0.257 e. The van der Waals surface area contributed by atoms with Crippen LogP contribution in [0.5, 0.6) is 5.75 Å². The van der Waals surface area contributed by atoms with E-state index in [-0.39, 0.29) is 5.91 Å². The Bertz CT molecular complexity index is 944. The monoisotopic (exact) mass is 367 g/mol. The molecule has 3 aromatic rings. The van der Waals surface area contributed by atoms with Gasteiger partial charge in [0.15, 0.2) is 0 Å². The van der Waals surface area contributed by atoms with E-state index in [0.717, 1.165) is 16.9 Å². The number of hydrogen-bond donors (Lipinski definition) is 2. The first-order chi connectivity index (χ1) is 12.5. The van der Waals surface area contributed by atoms with Crippen LogP contribution >= 0.6 is 11.6 Å². The van der Waals surface area contributed by atoms with Crippen molar-refractivity contribution in [3.8, 4) is 5.75 Å². The molecule has 0 spiro atoms. The maximum absolute atomic E-state index is 12.6. The number of benzene rings is 2. The SMILES string of the molecule is COc1ccc(Cl)cc1NC(=O)c1cncc(Nc2cccc(C)c2)c1. The van der Waals surface area contributed by atoms with E-state index in [2.05, 4.69) is 15.6 Å². The quantitative estimate of drug-likeness (QED) is 0.662. The molecule has 26 heavy (non-hydrogen) atoms. The van der Waals surface area contributed by atoms with Gasteiger partial charge in [0.1, 0.15) is 5.75 Å². The molecule has 0 fully saturated rings. The summed E-state index contributed by atoms with van der Waals surface area (Å²) in [7, 11) is 1.53. The summed E-state index contributed by atoms with van der Waals surface area (Å²) in [6.07, 6.45) is 3.17. The van der Waals surface area contributed by atoms with Crippen LogP contribution in [0, 0.1) is 6.92 Å². The van der Waals surface area contributed by atoms with Gasteiger partial charge in [-0.3, -0.25) is 9.78 Å². The number of carbonyl (C=O) groups excluding carboxylic acids is 1. The molecule has 3 rings (SSSR count). The molecule has 1 aromatic heterocycles. The van der Waals surface area contributed by atoms with Gasteiger partial charge in [-0.1, -0.05) is 23.7 Å². The van der Waals surface area contributed by atoms with Crippen molar-refractivity contribution >= 4 is 34.6 Å². The predicted molar refractivity (Wildman–Crippen MR) is 105 cm³/mol. The Hall–Kier alpha value is -3.05. The molecule has 1 heterocycles. The van der Waals surface area contributed by atoms with Crippen LogP contribution in [0.25, 0.3) is 0 Å². The summed E-state index contributed by atoms with van der Waals surface area (Å²) in [4.78, 5) is 16.7. The standard InChI is InChI=1S/C20H18ClN3O2/c1-13-4-3-5-16(8-13)23-17-9-14(11-22-12-17)20(25)24-18-10-15(21)6-7-19(18)26-2/h3-12,23H,1-2H3,(H,24,25). The summed E-state index contributed by atoms with van der Waals surface area (Å²) >= 11 is 6.00. The molecule has 5 nitrogen and oxygen atoms in total. The predicted octanol–water partition coefficient (Wildman–Crippen LogP) is 5.05. The van der Waals surface area contributed by atoms with Crippen molar-refractivity contribution in [3.63, 3.8) is 0 Å². The number of aromatic nitrogens is 1. The average Bonchev–Trinajstić information content (AvgIpc) is 2.62. The highest BCUT2D eigenvalue weighted by atomic mass is 35.5. The molecule has 0 radical (unpaired) electrons. The van der Waals surface area contributed by atoms with Crippen LogP contribution in [0.2, 0.25) is 5.02 Å². The second-order valence-corrected chi connectivity index (χ2v) is 6.19. The van der Waals surface area contributed by atoms with Crippen molar-refractivity contribution in [2.45, 2.75) is 6.92 Å². The number of hydrogen-bond acceptors (Lipinski definition) is 4. The van der Waals surface area contributed by atoms with E-state index in [1.807, 2.05) is 31.2 Å². The van der Waals surface area contributed by atoms with Crippen LogP contribution in [-0.2, 0) is 0 Å². The molecule has 0 saturated heterocycles. The third kappa shape index (κ3) is 4.32. The number of ether oxygens (including phenoxy) is 1. The van der Waals surface area contributed by atoms with E-state index in [9.17, 15) is 4.79 Å². The molecule has 0 aliphatic rings. The average molecular weight is 368 g/mol. The number of nitrogens with zero attached hydrogens (tertiary/aromatic N) is 1. The summed E-state index contributed by atoms with van der Waals surface area (Å²) in [5.74, 6) is 0.232. The lowest BCUT2D eigenvalue weighted by Crippen LogP contribution is -2.13. The van der Waals surface area contributed by atoms with E-state index < -0.39 is 0 Å². The van der Waals surface area contributed by atoms with Crippen LogP contribution in [0.15, 0.2) is 60.9 Å². The van der Waals surface area contributed by atoms with Gasteiger partial charge in [-0.15, -0.1) is 0 Å². The zero-order valence-corrected chi connectivity index (χ0v) is 15.2. The first-order valence-electron chi connectivity index (χ1n) is 7.99. The summed E-state index contributed by atoms with van der Waals surface area (Å²) < 4.78 is 5.25. The Morgan fingerprint density at radius 3 is 2.69 bits per heavy atom. The van der Waals surface area contributed by atoms with Gasteiger partial charge in [0.25, 0.3) is 5.91 Å². The number of amides is 1. The third-order valence-electron chi connectivity index (χ3n) is 3.72. The van der Waals surface area contributed by atoms with Crippen molar-refractivity contribution in [3.05, 3.63) is 77.1 Å². The highest BCUT2D eigenvalue weighted by Gasteiger charge is 2.11. The smallest absolute Gasteiger partial charge is 0.257 e. The van der Waals surface area contributed by atoms with Crippen molar-refractivity contribution in [1.29, 1.82) is 0 Å². The van der Waals surface area contributed by atoms with E-state index in [4.69, 9.17) is 16.3 Å². The van der Waals surface area contributed by atoms with Crippen molar-refractivity contribution in [2.24, 2.45) is 0 Å². The zero-order valence-electron chi connectivity index (χ0n) is 14.4. The Morgan fingerprint density at radius 2 is 1.92 bits per heavy atom. The number of pyridine rings is 1. The number of rotatable bonds is 5. The van der Waals surface area contributed by atoms with Gasteiger partial charge in [-0.05, 0) is 48.9 Å². The van der Waals surface area contributed by atoms with Gasteiger partial charge in [0.05, 0.1) is 30.2 Å². The van der Waals surface area contributed by atoms with Gasteiger partial charge in [-0.2, -0.15) is 0 Å². The van der Waals surface area contributed by atoms with Gasteiger partial charge < -0.3 is 15.4 Å². The summed E-state index contributed by atoms with van der Waals surface area (Å²) in [6.45, 7) is 2.02. The fourth-order valence-corrected chi connectivity index (χ4v) is 2.67. The van der Waals surface area contributed by atoms with Crippen LogP contribution in [0.3, 0.4) is 0 Å². The fraction of sp³-hybridized carbons (Fsp3) is 0.100. The van der Waals surface area contributed by atoms with Gasteiger partial charge in [-0.25, -0.2) is 0 Å². The molecule has 0 atom stereocenters. The topological polar surface area (TPSA) is 63.2 Å². The molecule has 0 aliphatic heterocycles. The van der Waals surface area contributed by atoms with Crippen molar-refractivity contribution < 1.29 is 9.53 Å². The number of halogens is 1. The lowest BCUT2D eigenvalue weighted by molar-refractivity contribution is 0.102. The zero-order chi connectivity index (χ0) is 18.5. The van der Waals surface area contributed by atoms with Crippen molar-refractivity contribution in [2.75, 3.05) is 17.7 Å². The Morgan fingerprint density at radius 1 is 1.08 bits per heavy atom. The summed E-state index contributed by atoms with van der Waals surface area (Å²) in [6, 6.07) is 14.7. The Balaban J connectivity index is 1.79. The van der Waals surface area contributed by atoms with E-state index in [1.165, 1.54) is 13.3 Å². The molecule has 132 valence electrons. The summed E-state index contributed by atoms with van der Waals surface area (Å²) in [5.41, 5.74) is 3.72. The van der Waals surface area contributed by atoms with Gasteiger partial charge in [0.2, 0.25) is 0 Å². The number of methoxy groups -OCH3 is 1. The molecular formula is C20H18ClN3O2. The lowest BCUT2D eigenvalue weighted by atomic mass is 10.2. The first-order valence-corrected chi connectivity index (χ1v) is 8.36. The molecule has 2 aromatic carbocycles. The molecule has 6 heteroatoms. The molecular weight excluding hydrogens is 350 g/mol. The van der Waals surface area contributed by atoms with Crippen LogP contribution < -0.4 is 15.4 Å². The molecule has 0 bridgehead atoms.